The summed E-state index contributed by atoms with van der Waals surface area (Å²) >= 11 is 0. The van der Waals surface area contributed by atoms with Gasteiger partial charge in [0.05, 0.1) is 25.0 Å². The number of nitrogens with zero attached hydrogens (tertiary/aromatic N) is 1. The van der Waals surface area contributed by atoms with E-state index in [1.165, 1.54) is 23.3 Å². The van der Waals surface area contributed by atoms with Gasteiger partial charge in [0, 0.05) is 24.6 Å². The van der Waals surface area contributed by atoms with Crippen LogP contribution in [0.1, 0.15) is 55.9 Å². The highest BCUT2D eigenvalue weighted by Gasteiger charge is 2.54. The van der Waals surface area contributed by atoms with Crippen LogP contribution >= 0.6 is 0 Å². The molecule has 1 aliphatic heterocycles. The number of allylic oxidation sites excluding steroid dienone is 1. The van der Waals surface area contributed by atoms with Crippen molar-refractivity contribution in [2.24, 2.45) is 11.3 Å². The Hall–Kier alpha value is -3.56. The summed E-state index contributed by atoms with van der Waals surface area (Å²) in [6, 6.07) is 8.14. The van der Waals surface area contributed by atoms with Gasteiger partial charge < -0.3 is 19.4 Å². The van der Waals surface area contributed by atoms with Crippen LogP contribution in [0.3, 0.4) is 0 Å². The molecule has 10 heteroatoms. The molecule has 2 atom stereocenters. The quantitative estimate of drug-likeness (QED) is 0.499. The number of halogens is 3. The van der Waals surface area contributed by atoms with E-state index in [9.17, 15) is 27.6 Å². The van der Waals surface area contributed by atoms with Crippen molar-refractivity contribution in [2.75, 3.05) is 6.61 Å². The summed E-state index contributed by atoms with van der Waals surface area (Å²) in [7, 11) is 0. The fraction of sp³-hybridized carbons (Fsp3) is 0.444. The van der Waals surface area contributed by atoms with Crippen LogP contribution in [0.15, 0.2) is 58.9 Å². The number of piperidine rings is 1. The molecule has 198 valence electrons. The highest BCUT2D eigenvalue weighted by Crippen LogP contribution is 2.50. The molecule has 1 fully saturated rings. The predicted molar refractivity (Wildman–Crippen MR) is 126 cm³/mol. The SMILES string of the molecule is CCOC(=O)[C@]12CCCC=C1N(Cc1ccco1)C(=O)[C@@H](CC(=O)NCc1cccc(C(F)(F)F)c1)C2. The number of carbonyl (C=O) groups excluding carboxylic acids is 3. The number of hydrogen-bond donors (Lipinski definition) is 1. The minimum Gasteiger partial charge on any atom is -0.467 e. The molecule has 2 aromatic rings. The molecular formula is C27H29F3N2O5. The number of hydrogen-bond acceptors (Lipinski definition) is 5. The van der Waals surface area contributed by atoms with Gasteiger partial charge in [0.1, 0.15) is 11.2 Å². The average molecular weight is 519 g/mol. The molecule has 0 saturated carbocycles. The zero-order chi connectivity index (χ0) is 26.6. The fourth-order valence-corrected chi connectivity index (χ4v) is 5.18. The summed E-state index contributed by atoms with van der Waals surface area (Å²) in [6.45, 7) is 1.89. The van der Waals surface area contributed by atoms with E-state index in [2.05, 4.69) is 5.32 Å². The lowest BCUT2D eigenvalue weighted by Gasteiger charge is -2.47. The van der Waals surface area contributed by atoms with Crippen molar-refractivity contribution < 1.29 is 36.7 Å². The van der Waals surface area contributed by atoms with Crippen molar-refractivity contribution >= 4 is 17.8 Å². The Balaban J connectivity index is 1.54. The lowest BCUT2D eigenvalue weighted by molar-refractivity contribution is -0.162. The number of benzene rings is 1. The lowest BCUT2D eigenvalue weighted by Crippen LogP contribution is -2.54. The van der Waals surface area contributed by atoms with Gasteiger partial charge in [-0.2, -0.15) is 13.2 Å². The Morgan fingerprint density at radius 2 is 2.05 bits per heavy atom. The van der Waals surface area contributed by atoms with Crippen LogP contribution in [0.5, 0.6) is 0 Å². The van der Waals surface area contributed by atoms with Crippen LogP contribution in [-0.4, -0.2) is 29.3 Å². The topological polar surface area (TPSA) is 88.8 Å². The van der Waals surface area contributed by atoms with Crippen molar-refractivity contribution in [3.05, 3.63) is 71.3 Å². The number of fused-ring (bicyclic) bond motifs is 1. The predicted octanol–water partition coefficient (Wildman–Crippen LogP) is 4.97. The van der Waals surface area contributed by atoms with E-state index in [1.807, 2.05) is 6.08 Å². The van der Waals surface area contributed by atoms with Crippen molar-refractivity contribution in [1.82, 2.24) is 10.2 Å². The van der Waals surface area contributed by atoms with E-state index in [0.29, 0.717) is 24.3 Å². The van der Waals surface area contributed by atoms with E-state index in [0.717, 1.165) is 18.6 Å². The van der Waals surface area contributed by atoms with E-state index in [-0.39, 0.29) is 44.0 Å². The third-order valence-corrected chi connectivity index (χ3v) is 6.87. The molecule has 1 N–H and O–H groups in total. The maximum Gasteiger partial charge on any atom is 0.416 e. The molecule has 1 saturated heterocycles. The Kier molecular flexibility index (Phi) is 7.75. The summed E-state index contributed by atoms with van der Waals surface area (Å²) in [6.07, 6.45) is 0.755. The van der Waals surface area contributed by atoms with Gasteiger partial charge in [-0.25, -0.2) is 0 Å². The number of likely N-dealkylation sites (tertiary alicyclic amines) is 1. The van der Waals surface area contributed by atoms with Gasteiger partial charge >= 0.3 is 12.1 Å². The van der Waals surface area contributed by atoms with Gasteiger partial charge in [-0.05, 0) is 62.4 Å². The highest BCUT2D eigenvalue weighted by molar-refractivity contribution is 5.92. The first-order chi connectivity index (χ1) is 17.6. The number of rotatable bonds is 8. The van der Waals surface area contributed by atoms with Gasteiger partial charge in [0.2, 0.25) is 11.8 Å². The van der Waals surface area contributed by atoms with Crippen LogP contribution in [-0.2, 0) is 38.4 Å². The number of furan rings is 1. The van der Waals surface area contributed by atoms with E-state index >= 15 is 0 Å². The second-order valence-electron chi connectivity index (χ2n) is 9.37. The summed E-state index contributed by atoms with van der Waals surface area (Å²) < 4.78 is 49.9. The standard InChI is InChI=1S/C27H29F3N2O5/c1-2-36-25(35)26-11-4-3-10-22(26)32(17-21-9-6-12-37-21)24(34)19(15-26)14-23(33)31-16-18-7-5-8-20(13-18)27(28,29)30/h5-10,12-13,19H,2-4,11,14-17H2,1H3,(H,31,33)/t19-,26-/m0/s1. The molecule has 2 amide bonds. The second kappa shape index (κ2) is 10.8. The molecule has 1 aliphatic carbocycles. The summed E-state index contributed by atoms with van der Waals surface area (Å²) in [5, 5.41) is 2.62. The van der Waals surface area contributed by atoms with Crippen LogP contribution in [0.4, 0.5) is 13.2 Å². The van der Waals surface area contributed by atoms with Crippen LogP contribution in [0.25, 0.3) is 0 Å². The number of nitrogens with one attached hydrogen (secondary N) is 1. The van der Waals surface area contributed by atoms with Gasteiger partial charge in [-0.1, -0.05) is 18.2 Å². The molecule has 2 aliphatic rings. The first-order valence-electron chi connectivity index (χ1n) is 12.3. The first-order valence-corrected chi connectivity index (χ1v) is 12.3. The lowest BCUT2D eigenvalue weighted by atomic mass is 9.66. The average Bonchev–Trinajstić information content (AvgIpc) is 3.38. The zero-order valence-corrected chi connectivity index (χ0v) is 20.5. The maximum atomic E-state index is 13.6. The van der Waals surface area contributed by atoms with Crippen LogP contribution in [0.2, 0.25) is 0 Å². The van der Waals surface area contributed by atoms with Crippen molar-refractivity contribution in [1.29, 1.82) is 0 Å². The molecule has 7 nitrogen and oxygen atoms in total. The summed E-state index contributed by atoms with van der Waals surface area (Å²) in [5.74, 6) is -1.50. The van der Waals surface area contributed by atoms with Gasteiger partial charge in [0.15, 0.2) is 0 Å². The molecule has 4 rings (SSSR count). The summed E-state index contributed by atoms with van der Waals surface area (Å²) in [5.41, 5.74) is -0.985. The fourth-order valence-electron chi connectivity index (χ4n) is 5.18. The third-order valence-electron chi connectivity index (χ3n) is 6.87. The molecule has 1 aromatic heterocycles. The molecular weight excluding hydrogens is 489 g/mol. The normalized spacial score (nSPS) is 21.7. The van der Waals surface area contributed by atoms with Crippen molar-refractivity contribution in [2.45, 2.75) is 58.3 Å². The van der Waals surface area contributed by atoms with Crippen LogP contribution in [0, 0.1) is 11.3 Å². The monoisotopic (exact) mass is 518 g/mol. The molecule has 37 heavy (non-hydrogen) atoms. The second-order valence-corrected chi connectivity index (χ2v) is 9.37. The number of esters is 1. The zero-order valence-electron chi connectivity index (χ0n) is 20.5. The smallest absolute Gasteiger partial charge is 0.416 e. The van der Waals surface area contributed by atoms with Gasteiger partial charge in [0.25, 0.3) is 0 Å². The highest BCUT2D eigenvalue weighted by atomic mass is 19.4. The molecule has 0 bridgehead atoms. The Morgan fingerprint density at radius 3 is 2.76 bits per heavy atom. The van der Waals surface area contributed by atoms with Gasteiger partial charge in [-0.3, -0.25) is 14.4 Å². The van der Waals surface area contributed by atoms with Gasteiger partial charge in [-0.15, -0.1) is 0 Å². The molecule has 1 aromatic carbocycles. The minimum atomic E-state index is -4.49. The third kappa shape index (κ3) is 5.73. The maximum absolute atomic E-state index is 13.6. The molecule has 0 unspecified atom stereocenters. The minimum absolute atomic E-state index is 0.112. The summed E-state index contributed by atoms with van der Waals surface area (Å²) in [4.78, 5) is 41.2. The molecule has 2 heterocycles. The van der Waals surface area contributed by atoms with Crippen LogP contribution < -0.4 is 5.32 Å². The molecule has 0 spiro atoms. The first kappa shape index (κ1) is 26.5. The number of amides is 2. The molecule has 0 radical (unpaired) electrons. The Morgan fingerprint density at radius 1 is 1.24 bits per heavy atom. The Labute approximate surface area is 212 Å². The van der Waals surface area contributed by atoms with Crippen molar-refractivity contribution in [3.63, 3.8) is 0 Å². The van der Waals surface area contributed by atoms with E-state index in [1.54, 1.807) is 19.1 Å². The van der Waals surface area contributed by atoms with E-state index < -0.39 is 34.9 Å². The largest absolute Gasteiger partial charge is 0.467 e. The number of carbonyl (C=O) groups is 3. The van der Waals surface area contributed by atoms with Crippen molar-refractivity contribution in [3.8, 4) is 0 Å². The number of alkyl halides is 3. The number of ether oxygens (including phenoxy) is 1. The Bertz CT molecular complexity index is 1170. The van der Waals surface area contributed by atoms with E-state index in [4.69, 9.17) is 9.15 Å².